The molecule has 112 valence electrons. The predicted octanol–water partition coefficient (Wildman–Crippen LogP) is 2.10. The van der Waals surface area contributed by atoms with Crippen molar-refractivity contribution in [1.29, 1.82) is 0 Å². The minimum Gasteiger partial charge on any atom is -0.392 e. The number of benzene rings is 1. The highest BCUT2D eigenvalue weighted by molar-refractivity contribution is 8.00. The van der Waals surface area contributed by atoms with Crippen LogP contribution in [0.15, 0.2) is 17.0 Å². The summed E-state index contributed by atoms with van der Waals surface area (Å²) in [5.41, 5.74) is -0.115. The maximum Gasteiger partial charge on any atom is 0.246 e. The molecule has 1 saturated heterocycles. The summed E-state index contributed by atoms with van der Waals surface area (Å²) in [5, 5.41) is 9.33. The Morgan fingerprint density at radius 3 is 2.85 bits per heavy atom. The molecule has 0 aliphatic carbocycles. The number of aliphatic hydroxyl groups excluding tert-OH is 1. The molecule has 1 fully saturated rings. The van der Waals surface area contributed by atoms with E-state index in [1.807, 2.05) is 6.92 Å². The SMILES string of the molecule is CC1CN(S(=O)(=O)c2cc(Cl)cc(CO)c2F)CCS1. The Bertz CT molecular complexity index is 609. The quantitative estimate of drug-likeness (QED) is 0.916. The van der Waals surface area contributed by atoms with Crippen molar-refractivity contribution in [3.05, 3.63) is 28.5 Å². The van der Waals surface area contributed by atoms with E-state index in [4.69, 9.17) is 16.7 Å². The van der Waals surface area contributed by atoms with Crippen molar-refractivity contribution in [2.24, 2.45) is 0 Å². The lowest BCUT2D eigenvalue weighted by Crippen LogP contribution is -2.41. The number of sulfonamides is 1. The second-order valence-electron chi connectivity index (χ2n) is 4.58. The van der Waals surface area contributed by atoms with Crippen molar-refractivity contribution in [2.45, 2.75) is 23.7 Å². The molecule has 4 nitrogen and oxygen atoms in total. The van der Waals surface area contributed by atoms with Gasteiger partial charge in [0.25, 0.3) is 0 Å². The molecule has 1 aliphatic rings. The Hall–Kier alpha value is -0.340. The van der Waals surface area contributed by atoms with Gasteiger partial charge in [0.05, 0.1) is 6.61 Å². The molecule has 0 spiro atoms. The molecule has 0 bridgehead atoms. The molecule has 0 radical (unpaired) electrons. The van der Waals surface area contributed by atoms with E-state index in [1.165, 1.54) is 10.4 Å². The van der Waals surface area contributed by atoms with Crippen molar-refractivity contribution in [2.75, 3.05) is 18.8 Å². The standard InChI is InChI=1S/C12H15ClFNO3S2/c1-8-6-15(2-3-19-8)20(17,18)11-5-10(13)4-9(7-16)12(11)14/h4-5,8,16H,2-3,6-7H2,1H3. The van der Waals surface area contributed by atoms with Gasteiger partial charge in [-0.25, -0.2) is 12.8 Å². The molecule has 20 heavy (non-hydrogen) atoms. The summed E-state index contributed by atoms with van der Waals surface area (Å²) in [7, 11) is -3.93. The van der Waals surface area contributed by atoms with Crippen LogP contribution in [0.5, 0.6) is 0 Å². The van der Waals surface area contributed by atoms with Gasteiger partial charge in [-0.3, -0.25) is 0 Å². The number of thioether (sulfide) groups is 1. The lowest BCUT2D eigenvalue weighted by molar-refractivity contribution is 0.274. The molecule has 8 heteroatoms. The molecule has 1 heterocycles. The zero-order valence-electron chi connectivity index (χ0n) is 10.8. The molecule has 1 aromatic carbocycles. The Morgan fingerprint density at radius 2 is 2.25 bits per heavy atom. The zero-order valence-corrected chi connectivity index (χ0v) is 13.2. The van der Waals surface area contributed by atoms with Crippen molar-refractivity contribution in [1.82, 2.24) is 4.31 Å². The van der Waals surface area contributed by atoms with Crippen LogP contribution in [0.2, 0.25) is 5.02 Å². The van der Waals surface area contributed by atoms with Crippen LogP contribution in [0.25, 0.3) is 0 Å². The first-order valence-corrected chi connectivity index (χ1v) is 8.93. The molecule has 0 saturated carbocycles. The molecule has 1 aromatic rings. The lowest BCUT2D eigenvalue weighted by Gasteiger charge is -2.30. The van der Waals surface area contributed by atoms with E-state index in [1.54, 1.807) is 11.8 Å². The third kappa shape index (κ3) is 3.12. The van der Waals surface area contributed by atoms with E-state index < -0.39 is 27.3 Å². The van der Waals surface area contributed by atoms with Crippen LogP contribution in [-0.4, -0.2) is 41.9 Å². The first kappa shape index (κ1) is 16.0. The summed E-state index contributed by atoms with van der Waals surface area (Å²) in [6, 6.07) is 2.32. The average Bonchev–Trinajstić information content (AvgIpc) is 2.40. The van der Waals surface area contributed by atoms with Gasteiger partial charge in [0.2, 0.25) is 10.0 Å². The van der Waals surface area contributed by atoms with Crippen LogP contribution in [0.1, 0.15) is 12.5 Å². The average molecular weight is 340 g/mol. The normalized spacial score (nSPS) is 21.1. The van der Waals surface area contributed by atoms with E-state index >= 15 is 0 Å². The maximum absolute atomic E-state index is 14.2. The Kier molecular flexibility index (Phi) is 4.96. The van der Waals surface area contributed by atoms with Crippen LogP contribution < -0.4 is 0 Å². The molecular formula is C12H15ClFNO3S2. The number of hydrogen-bond acceptors (Lipinski definition) is 4. The van der Waals surface area contributed by atoms with Gasteiger partial charge in [0.1, 0.15) is 10.7 Å². The summed E-state index contributed by atoms with van der Waals surface area (Å²) in [5.74, 6) is -0.252. The van der Waals surface area contributed by atoms with Crippen molar-refractivity contribution >= 4 is 33.4 Å². The van der Waals surface area contributed by atoms with E-state index in [0.717, 1.165) is 6.07 Å². The summed E-state index contributed by atoms with van der Waals surface area (Å²) < 4.78 is 40.5. The first-order chi connectivity index (χ1) is 9.36. The minimum absolute atomic E-state index is 0.0912. The first-order valence-electron chi connectivity index (χ1n) is 6.06. The molecule has 1 aliphatic heterocycles. The van der Waals surface area contributed by atoms with Gasteiger partial charge in [-0.15, -0.1) is 0 Å². The van der Waals surface area contributed by atoms with E-state index in [9.17, 15) is 12.8 Å². The zero-order chi connectivity index (χ0) is 14.9. The smallest absolute Gasteiger partial charge is 0.246 e. The van der Waals surface area contributed by atoms with E-state index in [0.29, 0.717) is 18.8 Å². The molecular weight excluding hydrogens is 325 g/mol. The summed E-state index contributed by atoms with van der Waals surface area (Å²) >= 11 is 7.49. The molecule has 1 atom stereocenters. The highest BCUT2D eigenvalue weighted by Gasteiger charge is 2.32. The number of hydrogen-bond donors (Lipinski definition) is 1. The molecule has 0 aromatic heterocycles. The van der Waals surface area contributed by atoms with Crippen LogP contribution in [0, 0.1) is 5.82 Å². The molecule has 2 rings (SSSR count). The third-order valence-electron chi connectivity index (χ3n) is 3.07. The predicted molar refractivity (Wildman–Crippen MR) is 78.0 cm³/mol. The van der Waals surface area contributed by atoms with Gasteiger partial charge in [-0.1, -0.05) is 18.5 Å². The second-order valence-corrected chi connectivity index (χ2v) is 8.47. The highest BCUT2D eigenvalue weighted by Crippen LogP contribution is 2.29. The molecule has 1 unspecified atom stereocenters. The van der Waals surface area contributed by atoms with Gasteiger partial charge >= 0.3 is 0 Å². The number of halogens is 2. The maximum atomic E-state index is 14.2. The van der Waals surface area contributed by atoms with Crippen LogP contribution in [-0.2, 0) is 16.6 Å². The van der Waals surface area contributed by atoms with Crippen LogP contribution >= 0.6 is 23.4 Å². The van der Waals surface area contributed by atoms with Gasteiger partial charge in [-0.05, 0) is 12.1 Å². The number of aliphatic hydroxyl groups is 1. The number of nitrogens with zero attached hydrogens (tertiary/aromatic N) is 1. The summed E-state index contributed by atoms with van der Waals surface area (Å²) in [6.07, 6.45) is 0. The Morgan fingerprint density at radius 1 is 1.55 bits per heavy atom. The summed E-state index contributed by atoms with van der Waals surface area (Å²) in [4.78, 5) is -0.465. The Balaban J connectivity index is 2.46. The van der Waals surface area contributed by atoms with Crippen LogP contribution in [0.3, 0.4) is 0 Å². The fourth-order valence-corrected chi connectivity index (χ4v) is 5.26. The van der Waals surface area contributed by atoms with Gasteiger partial charge in [-0.2, -0.15) is 16.1 Å². The van der Waals surface area contributed by atoms with Gasteiger partial charge in [0, 0.05) is 34.7 Å². The van der Waals surface area contributed by atoms with Gasteiger partial charge in [0.15, 0.2) is 0 Å². The second kappa shape index (κ2) is 6.19. The lowest BCUT2D eigenvalue weighted by atomic mass is 10.2. The fraction of sp³-hybridized carbons (Fsp3) is 0.500. The van der Waals surface area contributed by atoms with Crippen molar-refractivity contribution in [3.8, 4) is 0 Å². The number of rotatable bonds is 3. The summed E-state index contributed by atoms with van der Waals surface area (Å²) in [6.45, 7) is 2.02. The van der Waals surface area contributed by atoms with Crippen LogP contribution in [0.4, 0.5) is 4.39 Å². The van der Waals surface area contributed by atoms with Crippen molar-refractivity contribution < 1.29 is 17.9 Å². The highest BCUT2D eigenvalue weighted by atomic mass is 35.5. The van der Waals surface area contributed by atoms with Crippen molar-refractivity contribution in [3.63, 3.8) is 0 Å². The minimum atomic E-state index is -3.93. The fourth-order valence-electron chi connectivity index (χ4n) is 2.06. The van der Waals surface area contributed by atoms with E-state index in [-0.39, 0.29) is 15.8 Å². The van der Waals surface area contributed by atoms with Gasteiger partial charge < -0.3 is 5.11 Å². The molecule has 1 N–H and O–H groups in total. The largest absolute Gasteiger partial charge is 0.392 e. The monoisotopic (exact) mass is 339 g/mol. The molecule has 0 amide bonds. The van der Waals surface area contributed by atoms with E-state index in [2.05, 4.69) is 0 Å². The third-order valence-corrected chi connectivity index (χ3v) is 6.29. The topological polar surface area (TPSA) is 57.6 Å². The Labute approximate surface area is 127 Å².